The van der Waals surface area contributed by atoms with E-state index in [0.29, 0.717) is 10.7 Å². The highest BCUT2D eigenvalue weighted by atomic mass is 35.5. The number of nitrogens with zero attached hydrogens (tertiary/aromatic N) is 1. The summed E-state index contributed by atoms with van der Waals surface area (Å²) in [4.78, 5) is 34.8. The summed E-state index contributed by atoms with van der Waals surface area (Å²) >= 11 is 5.78. The van der Waals surface area contributed by atoms with Gasteiger partial charge in [0, 0.05) is 22.3 Å². The molecule has 2 aromatic rings. The number of amides is 2. The van der Waals surface area contributed by atoms with Gasteiger partial charge in [0.1, 0.15) is 5.60 Å². The SMILES string of the molecule is CC(C)(C)OC(=O)c1ccc(CNC(=O)Nc2ccc(Cl)cc2)c([N+](=O)[O-])c1. The van der Waals surface area contributed by atoms with Crippen LogP contribution in [0.15, 0.2) is 42.5 Å². The van der Waals surface area contributed by atoms with Crippen molar-refractivity contribution in [2.45, 2.75) is 32.9 Å². The third-order valence-corrected chi connectivity index (χ3v) is 3.71. The number of urea groups is 1. The number of ether oxygens (including phenoxy) is 1. The molecule has 0 radical (unpaired) electrons. The molecule has 0 unspecified atom stereocenters. The molecule has 0 aliphatic carbocycles. The predicted octanol–water partition coefficient (Wildman–Crippen LogP) is 4.53. The van der Waals surface area contributed by atoms with E-state index in [1.54, 1.807) is 45.0 Å². The average Bonchev–Trinajstić information content (AvgIpc) is 2.60. The number of nitro benzene ring substituents is 1. The molecular weight excluding hydrogens is 386 g/mol. The van der Waals surface area contributed by atoms with Gasteiger partial charge in [-0.2, -0.15) is 0 Å². The number of esters is 1. The second-order valence-electron chi connectivity index (χ2n) is 6.92. The lowest BCUT2D eigenvalue weighted by atomic mass is 10.1. The number of benzene rings is 2. The quantitative estimate of drug-likeness (QED) is 0.431. The average molecular weight is 406 g/mol. The summed E-state index contributed by atoms with van der Waals surface area (Å²) in [5.41, 5.74) is -0.155. The van der Waals surface area contributed by atoms with Gasteiger partial charge in [-0.15, -0.1) is 0 Å². The molecule has 0 aromatic heterocycles. The van der Waals surface area contributed by atoms with Crippen LogP contribution in [0.2, 0.25) is 5.02 Å². The fourth-order valence-corrected chi connectivity index (χ4v) is 2.36. The molecule has 0 spiro atoms. The van der Waals surface area contributed by atoms with Crippen LogP contribution in [0.3, 0.4) is 0 Å². The van der Waals surface area contributed by atoms with Crippen molar-refractivity contribution in [1.29, 1.82) is 0 Å². The van der Waals surface area contributed by atoms with Crippen LogP contribution >= 0.6 is 11.6 Å². The largest absolute Gasteiger partial charge is 0.456 e. The lowest BCUT2D eigenvalue weighted by Crippen LogP contribution is -2.28. The number of hydrogen-bond acceptors (Lipinski definition) is 5. The van der Waals surface area contributed by atoms with Gasteiger partial charge in [-0.1, -0.05) is 11.6 Å². The Kier molecular flexibility index (Phi) is 6.58. The lowest BCUT2D eigenvalue weighted by Gasteiger charge is -2.19. The van der Waals surface area contributed by atoms with Gasteiger partial charge in [0.15, 0.2) is 0 Å². The summed E-state index contributed by atoms with van der Waals surface area (Å²) < 4.78 is 5.22. The topological polar surface area (TPSA) is 111 Å². The van der Waals surface area contributed by atoms with Gasteiger partial charge in [-0.25, -0.2) is 9.59 Å². The first-order valence-electron chi connectivity index (χ1n) is 8.36. The second-order valence-corrected chi connectivity index (χ2v) is 7.35. The van der Waals surface area contributed by atoms with Gasteiger partial charge in [-0.05, 0) is 57.2 Å². The highest BCUT2D eigenvalue weighted by Crippen LogP contribution is 2.22. The van der Waals surface area contributed by atoms with Crippen LogP contribution in [0.25, 0.3) is 0 Å². The minimum absolute atomic E-state index is 0.0657. The number of nitro groups is 1. The minimum atomic E-state index is -0.716. The molecule has 9 heteroatoms. The van der Waals surface area contributed by atoms with Crippen molar-refractivity contribution >= 4 is 35.0 Å². The smallest absolute Gasteiger partial charge is 0.338 e. The van der Waals surface area contributed by atoms with E-state index in [-0.39, 0.29) is 23.4 Å². The first-order valence-corrected chi connectivity index (χ1v) is 8.74. The first-order chi connectivity index (χ1) is 13.0. The van der Waals surface area contributed by atoms with Crippen LogP contribution in [0.4, 0.5) is 16.2 Å². The number of anilines is 1. The van der Waals surface area contributed by atoms with Gasteiger partial charge in [0.25, 0.3) is 5.69 Å². The molecule has 28 heavy (non-hydrogen) atoms. The molecule has 8 nitrogen and oxygen atoms in total. The van der Waals surface area contributed by atoms with Gasteiger partial charge < -0.3 is 15.4 Å². The maximum atomic E-state index is 12.1. The van der Waals surface area contributed by atoms with E-state index in [4.69, 9.17) is 16.3 Å². The van der Waals surface area contributed by atoms with Gasteiger partial charge in [0.05, 0.1) is 17.0 Å². The van der Waals surface area contributed by atoms with Crippen molar-refractivity contribution < 1.29 is 19.2 Å². The standard InChI is InChI=1S/C19H20ClN3O5/c1-19(2,3)28-17(24)12-4-5-13(16(10-12)23(26)27)11-21-18(25)22-15-8-6-14(20)7-9-15/h4-10H,11H2,1-3H3,(H2,21,22,25). The van der Waals surface area contributed by atoms with Gasteiger partial charge in [0.2, 0.25) is 0 Å². The molecule has 2 N–H and O–H groups in total. The molecule has 148 valence electrons. The van der Waals surface area contributed by atoms with E-state index in [0.717, 1.165) is 6.07 Å². The summed E-state index contributed by atoms with van der Waals surface area (Å²) in [6.07, 6.45) is 0. The number of carbonyl (C=O) groups excluding carboxylic acids is 2. The second kappa shape index (κ2) is 8.71. The van der Waals surface area contributed by atoms with Crippen molar-refractivity contribution in [1.82, 2.24) is 5.32 Å². The van der Waals surface area contributed by atoms with Crippen molar-refractivity contribution in [2.24, 2.45) is 0 Å². The van der Waals surface area contributed by atoms with Crippen LogP contribution in [0.1, 0.15) is 36.7 Å². The minimum Gasteiger partial charge on any atom is -0.456 e. The zero-order valence-electron chi connectivity index (χ0n) is 15.6. The summed E-state index contributed by atoms with van der Waals surface area (Å²) in [7, 11) is 0. The lowest BCUT2D eigenvalue weighted by molar-refractivity contribution is -0.385. The maximum absolute atomic E-state index is 12.1. The first kappa shape index (κ1) is 21.2. The van der Waals surface area contributed by atoms with Crippen molar-refractivity contribution in [3.05, 3.63) is 68.7 Å². The van der Waals surface area contributed by atoms with E-state index in [1.165, 1.54) is 12.1 Å². The Morgan fingerprint density at radius 1 is 1.14 bits per heavy atom. The van der Waals surface area contributed by atoms with E-state index >= 15 is 0 Å². The van der Waals surface area contributed by atoms with Crippen LogP contribution < -0.4 is 10.6 Å². The van der Waals surface area contributed by atoms with Crippen LogP contribution in [-0.4, -0.2) is 22.5 Å². The molecule has 0 atom stereocenters. The Morgan fingerprint density at radius 2 is 1.79 bits per heavy atom. The molecule has 2 rings (SSSR count). The van der Waals surface area contributed by atoms with Crippen LogP contribution in [0, 0.1) is 10.1 Å². The number of hydrogen-bond donors (Lipinski definition) is 2. The predicted molar refractivity (Wildman–Crippen MR) is 106 cm³/mol. The number of rotatable bonds is 5. The van der Waals surface area contributed by atoms with E-state index in [1.807, 2.05) is 0 Å². The Bertz CT molecular complexity index is 891. The molecule has 0 aliphatic heterocycles. The van der Waals surface area contributed by atoms with E-state index in [9.17, 15) is 19.7 Å². The van der Waals surface area contributed by atoms with Crippen molar-refractivity contribution in [3.8, 4) is 0 Å². The number of halogens is 1. The van der Waals surface area contributed by atoms with Gasteiger partial charge in [-0.3, -0.25) is 10.1 Å². The molecular formula is C19H20ClN3O5. The van der Waals surface area contributed by atoms with Crippen LogP contribution in [-0.2, 0) is 11.3 Å². The van der Waals surface area contributed by atoms with E-state index in [2.05, 4.69) is 10.6 Å². The highest BCUT2D eigenvalue weighted by Gasteiger charge is 2.22. The number of carbonyl (C=O) groups is 2. The normalized spacial score (nSPS) is 10.9. The summed E-state index contributed by atoms with van der Waals surface area (Å²) in [5.74, 6) is -0.657. The fourth-order valence-electron chi connectivity index (χ4n) is 2.23. The highest BCUT2D eigenvalue weighted by molar-refractivity contribution is 6.30. The fraction of sp³-hybridized carbons (Fsp3) is 0.263. The Balaban J connectivity index is 2.08. The molecule has 0 bridgehead atoms. The summed E-state index contributed by atoms with van der Waals surface area (Å²) in [5, 5.41) is 17.0. The van der Waals surface area contributed by atoms with Gasteiger partial charge >= 0.3 is 12.0 Å². The van der Waals surface area contributed by atoms with Crippen LogP contribution in [0.5, 0.6) is 0 Å². The monoisotopic (exact) mass is 405 g/mol. The molecule has 0 aliphatic rings. The maximum Gasteiger partial charge on any atom is 0.338 e. The number of nitrogens with one attached hydrogen (secondary N) is 2. The van der Waals surface area contributed by atoms with Crippen molar-refractivity contribution in [2.75, 3.05) is 5.32 Å². The molecule has 0 saturated carbocycles. The third-order valence-electron chi connectivity index (χ3n) is 3.46. The van der Waals surface area contributed by atoms with E-state index < -0.39 is 22.5 Å². The summed E-state index contributed by atoms with van der Waals surface area (Å²) in [6.45, 7) is 5.02. The van der Waals surface area contributed by atoms with Crippen molar-refractivity contribution in [3.63, 3.8) is 0 Å². The summed E-state index contributed by atoms with van der Waals surface area (Å²) in [6, 6.07) is 9.94. The molecule has 0 fully saturated rings. The molecule has 0 heterocycles. The zero-order valence-corrected chi connectivity index (χ0v) is 16.4. The third kappa shape index (κ3) is 6.24. The molecule has 2 aromatic carbocycles. The Labute approximate surface area is 167 Å². The Hall–Kier alpha value is -3.13. The zero-order chi connectivity index (χ0) is 20.9. The molecule has 2 amide bonds. The molecule has 0 saturated heterocycles. The Morgan fingerprint density at radius 3 is 2.36 bits per heavy atom.